The minimum atomic E-state index is -0.0113. The molecule has 0 bridgehead atoms. The van der Waals surface area contributed by atoms with Gasteiger partial charge in [-0.3, -0.25) is 19.3 Å². The van der Waals surface area contributed by atoms with Crippen LogP contribution in [0.25, 0.3) is 0 Å². The van der Waals surface area contributed by atoms with Gasteiger partial charge < -0.3 is 10.2 Å². The van der Waals surface area contributed by atoms with Crippen molar-refractivity contribution in [2.75, 3.05) is 32.7 Å². The van der Waals surface area contributed by atoms with Crippen molar-refractivity contribution in [3.8, 4) is 0 Å². The van der Waals surface area contributed by atoms with Gasteiger partial charge in [0.2, 0.25) is 11.8 Å². The van der Waals surface area contributed by atoms with E-state index in [1.165, 1.54) is 0 Å². The number of ketones is 1. The van der Waals surface area contributed by atoms with E-state index in [0.717, 1.165) is 16.7 Å². The quantitative estimate of drug-likeness (QED) is 0.666. The van der Waals surface area contributed by atoms with Crippen molar-refractivity contribution in [2.24, 2.45) is 0 Å². The van der Waals surface area contributed by atoms with E-state index in [-0.39, 0.29) is 30.4 Å². The summed E-state index contributed by atoms with van der Waals surface area (Å²) in [7, 11) is 0. The predicted octanol–water partition coefficient (Wildman–Crippen LogP) is 2.73. The zero-order valence-electron chi connectivity index (χ0n) is 18.4. The molecule has 0 unspecified atom stereocenters. The lowest BCUT2D eigenvalue weighted by molar-refractivity contribution is -0.133. The number of amides is 2. The second-order valence-electron chi connectivity index (χ2n) is 8.16. The summed E-state index contributed by atoms with van der Waals surface area (Å²) < 4.78 is 0. The molecule has 0 atom stereocenters. The number of nitrogens with one attached hydrogen (secondary N) is 1. The van der Waals surface area contributed by atoms with Crippen LogP contribution in [-0.2, 0) is 16.1 Å². The molecule has 6 nitrogen and oxygen atoms in total. The highest BCUT2D eigenvalue weighted by atomic mass is 16.2. The minimum absolute atomic E-state index is 0.00633. The van der Waals surface area contributed by atoms with Gasteiger partial charge in [-0.1, -0.05) is 48.0 Å². The Bertz CT molecular complexity index is 919. The zero-order chi connectivity index (χ0) is 22.2. The number of aryl methyl sites for hydroxylation is 2. The Kier molecular flexibility index (Phi) is 7.95. The molecule has 164 valence electrons. The SMILES string of the molecule is Cc1ccc(C)c(C(=O)CCC(=O)N2CCN(CC(=O)NCc3ccccc3)CC2)c1. The van der Waals surface area contributed by atoms with E-state index >= 15 is 0 Å². The number of carbonyl (C=O) groups excluding carboxylic acids is 3. The molecule has 0 aliphatic carbocycles. The smallest absolute Gasteiger partial charge is 0.234 e. The van der Waals surface area contributed by atoms with Crippen LogP contribution in [-0.4, -0.2) is 60.1 Å². The van der Waals surface area contributed by atoms with Gasteiger partial charge in [0.05, 0.1) is 6.54 Å². The van der Waals surface area contributed by atoms with E-state index in [4.69, 9.17) is 0 Å². The summed E-state index contributed by atoms with van der Waals surface area (Å²) in [6, 6.07) is 15.6. The summed E-state index contributed by atoms with van der Waals surface area (Å²) in [5, 5.41) is 2.94. The molecular formula is C25H31N3O3. The molecule has 0 radical (unpaired) electrons. The summed E-state index contributed by atoms with van der Waals surface area (Å²) >= 11 is 0. The van der Waals surface area contributed by atoms with Gasteiger partial charge in [-0.25, -0.2) is 0 Å². The van der Waals surface area contributed by atoms with Gasteiger partial charge >= 0.3 is 0 Å². The number of carbonyl (C=O) groups is 3. The van der Waals surface area contributed by atoms with Crippen LogP contribution in [0, 0.1) is 13.8 Å². The lowest BCUT2D eigenvalue weighted by Gasteiger charge is -2.34. The normalized spacial score (nSPS) is 14.3. The summed E-state index contributed by atoms with van der Waals surface area (Å²) in [4.78, 5) is 41.1. The van der Waals surface area contributed by atoms with Crippen molar-refractivity contribution < 1.29 is 14.4 Å². The molecule has 2 aromatic rings. The lowest BCUT2D eigenvalue weighted by Crippen LogP contribution is -2.51. The fourth-order valence-corrected chi connectivity index (χ4v) is 3.76. The molecule has 1 saturated heterocycles. The van der Waals surface area contributed by atoms with Crippen molar-refractivity contribution in [1.82, 2.24) is 15.1 Å². The van der Waals surface area contributed by atoms with E-state index in [2.05, 4.69) is 10.2 Å². The van der Waals surface area contributed by atoms with Crippen LogP contribution < -0.4 is 5.32 Å². The minimum Gasteiger partial charge on any atom is -0.351 e. The van der Waals surface area contributed by atoms with Gasteiger partial charge in [-0.2, -0.15) is 0 Å². The molecule has 2 amide bonds. The van der Waals surface area contributed by atoms with Crippen LogP contribution in [0.1, 0.15) is 39.9 Å². The van der Waals surface area contributed by atoms with Crippen molar-refractivity contribution >= 4 is 17.6 Å². The molecule has 0 saturated carbocycles. The third-order valence-electron chi connectivity index (χ3n) is 5.68. The first-order valence-corrected chi connectivity index (χ1v) is 10.8. The molecule has 2 aromatic carbocycles. The van der Waals surface area contributed by atoms with Crippen LogP contribution in [0.15, 0.2) is 48.5 Å². The largest absolute Gasteiger partial charge is 0.351 e. The number of Topliss-reactive ketones (excluding diaryl/α,β-unsaturated/α-hetero) is 1. The molecule has 0 aromatic heterocycles. The van der Waals surface area contributed by atoms with Crippen molar-refractivity contribution in [3.05, 3.63) is 70.8 Å². The van der Waals surface area contributed by atoms with Crippen LogP contribution >= 0.6 is 0 Å². The van der Waals surface area contributed by atoms with E-state index < -0.39 is 0 Å². The third-order valence-corrected chi connectivity index (χ3v) is 5.68. The van der Waals surface area contributed by atoms with Crippen LogP contribution in [0.3, 0.4) is 0 Å². The maximum absolute atomic E-state index is 12.5. The number of hydrogen-bond acceptors (Lipinski definition) is 4. The summed E-state index contributed by atoms with van der Waals surface area (Å²) in [6.07, 6.45) is 0.453. The fraction of sp³-hybridized carbons (Fsp3) is 0.400. The molecule has 6 heteroatoms. The van der Waals surface area contributed by atoms with E-state index in [1.54, 1.807) is 4.90 Å². The molecule has 31 heavy (non-hydrogen) atoms. The highest BCUT2D eigenvalue weighted by Gasteiger charge is 2.23. The average molecular weight is 422 g/mol. The van der Waals surface area contributed by atoms with Gasteiger partial charge in [0, 0.05) is 51.1 Å². The van der Waals surface area contributed by atoms with Gasteiger partial charge in [-0.05, 0) is 31.0 Å². The van der Waals surface area contributed by atoms with E-state index in [1.807, 2.05) is 62.4 Å². The first kappa shape index (κ1) is 22.7. The molecule has 1 aliphatic rings. The van der Waals surface area contributed by atoms with Crippen molar-refractivity contribution in [3.63, 3.8) is 0 Å². The molecule has 1 aliphatic heterocycles. The highest BCUT2D eigenvalue weighted by Crippen LogP contribution is 2.15. The Morgan fingerprint density at radius 3 is 2.32 bits per heavy atom. The number of hydrogen-bond donors (Lipinski definition) is 1. The van der Waals surface area contributed by atoms with Crippen molar-refractivity contribution in [1.29, 1.82) is 0 Å². The Labute approximate surface area is 184 Å². The molecule has 3 rings (SSSR count). The van der Waals surface area contributed by atoms with Crippen molar-refractivity contribution in [2.45, 2.75) is 33.2 Å². The van der Waals surface area contributed by atoms with Gasteiger partial charge in [-0.15, -0.1) is 0 Å². The second kappa shape index (κ2) is 10.9. The number of rotatable bonds is 8. The summed E-state index contributed by atoms with van der Waals surface area (Å²) in [5.41, 5.74) is 3.77. The standard InChI is InChI=1S/C25H31N3O3/c1-19-8-9-20(2)22(16-19)23(29)10-11-25(31)28-14-12-27(13-15-28)18-24(30)26-17-21-6-4-3-5-7-21/h3-9,16H,10-15,17-18H2,1-2H3,(H,26,30). The van der Waals surface area contributed by atoms with E-state index in [0.29, 0.717) is 44.8 Å². The van der Waals surface area contributed by atoms with Gasteiger partial charge in [0.15, 0.2) is 5.78 Å². The Morgan fingerprint density at radius 1 is 0.903 bits per heavy atom. The summed E-state index contributed by atoms with van der Waals surface area (Å²) in [5.74, 6) is 0.0119. The Morgan fingerprint density at radius 2 is 1.61 bits per heavy atom. The lowest BCUT2D eigenvalue weighted by atomic mass is 9.99. The predicted molar refractivity (Wildman–Crippen MR) is 121 cm³/mol. The molecule has 0 spiro atoms. The zero-order valence-corrected chi connectivity index (χ0v) is 18.4. The molecule has 1 fully saturated rings. The Balaban J connectivity index is 1.38. The molecule has 1 N–H and O–H groups in total. The number of nitrogens with zero attached hydrogens (tertiary/aromatic N) is 2. The Hall–Kier alpha value is -2.99. The maximum Gasteiger partial charge on any atom is 0.234 e. The fourth-order valence-electron chi connectivity index (χ4n) is 3.76. The first-order chi connectivity index (χ1) is 14.9. The van der Waals surface area contributed by atoms with E-state index in [9.17, 15) is 14.4 Å². The maximum atomic E-state index is 12.5. The second-order valence-corrected chi connectivity index (χ2v) is 8.16. The topological polar surface area (TPSA) is 69.7 Å². The van der Waals surface area contributed by atoms with Gasteiger partial charge in [0.1, 0.15) is 0 Å². The van der Waals surface area contributed by atoms with Gasteiger partial charge in [0.25, 0.3) is 0 Å². The molecular weight excluding hydrogens is 390 g/mol. The number of piperazine rings is 1. The number of benzene rings is 2. The van der Waals surface area contributed by atoms with Crippen LogP contribution in [0.2, 0.25) is 0 Å². The summed E-state index contributed by atoms with van der Waals surface area (Å²) in [6.45, 7) is 7.23. The monoisotopic (exact) mass is 421 g/mol. The van der Waals surface area contributed by atoms with Crippen LogP contribution in [0.5, 0.6) is 0 Å². The first-order valence-electron chi connectivity index (χ1n) is 10.8. The third kappa shape index (κ3) is 6.76. The highest BCUT2D eigenvalue weighted by molar-refractivity contribution is 5.99. The molecule has 1 heterocycles. The van der Waals surface area contributed by atoms with Crippen LogP contribution in [0.4, 0.5) is 0 Å². The average Bonchev–Trinajstić information content (AvgIpc) is 2.78.